The van der Waals surface area contributed by atoms with Crippen LogP contribution in [-0.2, 0) is 0 Å². The van der Waals surface area contributed by atoms with Crippen molar-refractivity contribution in [2.75, 3.05) is 44.2 Å². The highest BCUT2D eigenvalue weighted by molar-refractivity contribution is 9.10. The number of rotatable bonds is 4. The second-order valence-electron chi connectivity index (χ2n) is 6.17. The monoisotopic (exact) mass is 338 g/mol. The van der Waals surface area contributed by atoms with E-state index in [0.29, 0.717) is 12.5 Å². The molecule has 2 fully saturated rings. The number of nitrogens with zero attached hydrogens (tertiary/aromatic N) is 2. The molecule has 0 aromatic heterocycles. The lowest BCUT2D eigenvalue weighted by Gasteiger charge is -2.44. The van der Waals surface area contributed by atoms with Gasteiger partial charge in [0.25, 0.3) is 0 Å². The molecule has 2 saturated heterocycles. The van der Waals surface area contributed by atoms with Crippen LogP contribution < -0.4 is 4.90 Å². The SMILES string of the molecule is OCC1CCN(CC2CN(c3ccc(Br)cc3)C2)CC1. The highest BCUT2D eigenvalue weighted by Crippen LogP contribution is 2.27. The summed E-state index contributed by atoms with van der Waals surface area (Å²) in [4.78, 5) is 5.04. The molecule has 3 rings (SSSR count). The zero-order chi connectivity index (χ0) is 13.9. The molecule has 0 spiro atoms. The quantitative estimate of drug-likeness (QED) is 0.914. The molecule has 0 bridgehead atoms. The van der Waals surface area contributed by atoms with E-state index in [2.05, 4.69) is 50.0 Å². The largest absolute Gasteiger partial charge is 0.396 e. The Morgan fingerprint density at radius 3 is 2.30 bits per heavy atom. The van der Waals surface area contributed by atoms with E-state index in [0.717, 1.165) is 10.4 Å². The van der Waals surface area contributed by atoms with Crippen molar-refractivity contribution in [3.63, 3.8) is 0 Å². The van der Waals surface area contributed by atoms with Crippen LogP contribution in [0.5, 0.6) is 0 Å². The molecule has 1 aromatic rings. The zero-order valence-corrected chi connectivity index (χ0v) is 13.4. The predicted octanol–water partition coefficient (Wildman–Crippen LogP) is 2.59. The third-order valence-electron chi connectivity index (χ3n) is 4.63. The Morgan fingerprint density at radius 2 is 1.70 bits per heavy atom. The Kier molecular flexibility index (Phi) is 4.64. The molecule has 4 heteroatoms. The van der Waals surface area contributed by atoms with Crippen molar-refractivity contribution in [3.05, 3.63) is 28.7 Å². The standard InChI is InChI=1S/C16H23BrN2O/c17-15-1-3-16(4-2-15)19-10-14(11-19)9-18-7-5-13(12-20)6-8-18/h1-4,13-14,20H,5-12H2. The molecular formula is C16H23BrN2O. The molecular weight excluding hydrogens is 316 g/mol. The van der Waals surface area contributed by atoms with E-state index in [1.54, 1.807) is 0 Å². The molecule has 20 heavy (non-hydrogen) atoms. The lowest BCUT2D eigenvalue weighted by molar-refractivity contribution is 0.114. The lowest BCUT2D eigenvalue weighted by atomic mass is 9.94. The summed E-state index contributed by atoms with van der Waals surface area (Å²) in [7, 11) is 0. The van der Waals surface area contributed by atoms with Crippen LogP contribution in [0.1, 0.15) is 12.8 Å². The number of aliphatic hydroxyl groups excluding tert-OH is 1. The first kappa shape index (κ1) is 14.4. The molecule has 0 radical (unpaired) electrons. The van der Waals surface area contributed by atoms with E-state index < -0.39 is 0 Å². The number of halogens is 1. The maximum Gasteiger partial charge on any atom is 0.0460 e. The van der Waals surface area contributed by atoms with Gasteiger partial charge in [-0.05, 0) is 56.1 Å². The minimum absolute atomic E-state index is 0.370. The number of anilines is 1. The Labute approximate surface area is 129 Å². The van der Waals surface area contributed by atoms with E-state index in [9.17, 15) is 0 Å². The van der Waals surface area contributed by atoms with Crippen molar-refractivity contribution in [3.8, 4) is 0 Å². The minimum Gasteiger partial charge on any atom is -0.396 e. The number of piperidine rings is 1. The fourth-order valence-electron chi connectivity index (χ4n) is 3.26. The van der Waals surface area contributed by atoms with Crippen molar-refractivity contribution < 1.29 is 5.11 Å². The number of benzene rings is 1. The van der Waals surface area contributed by atoms with E-state index in [1.165, 1.54) is 51.3 Å². The zero-order valence-electron chi connectivity index (χ0n) is 11.8. The van der Waals surface area contributed by atoms with Gasteiger partial charge in [-0.3, -0.25) is 0 Å². The van der Waals surface area contributed by atoms with Gasteiger partial charge in [-0.15, -0.1) is 0 Å². The van der Waals surface area contributed by atoms with Crippen LogP contribution in [-0.4, -0.2) is 49.3 Å². The van der Waals surface area contributed by atoms with Crippen molar-refractivity contribution in [2.24, 2.45) is 11.8 Å². The number of likely N-dealkylation sites (tertiary alicyclic amines) is 1. The molecule has 110 valence electrons. The third kappa shape index (κ3) is 3.35. The molecule has 1 aromatic carbocycles. The average molecular weight is 339 g/mol. The lowest BCUT2D eigenvalue weighted by Crippen LogP contribution is -2.52. The van der Waals surface area contributed by atoms with E-state index in [4.69, 9.17) is 5.11 Å². The average Bonchev–Trinajstić information content (AvgIpc) is 2.44. The molecule has 2 aliphatic heterocycles. The fraction of sp³-hybridized carbons (Fsp3) is 0.625. The Morgan fingerprint density at radius 1 is 1.05 bits per heavy atom. The van der Waals surface area contributed by atoms with Gasteiger partial charge in [-0.2, -0.15) is 0 Å². The summed E-state index contributed by atoms with van der Waals surface area (Å²) in [5.74, 6) is 1.36. The predicted molar refractivity (Wildman–Crippen MR) is 86.1 cm³/mol. The van der Waals surface area contributed by atoms with Gasteiger partial charge in [0.15, 0.2) is 0 Å². The van der Waals surface area contributed by atoms with E-state index in [1.807, 2.05) is 0 Å². The maximum atomic E-state index is 9.17. The first-order chi connectivity index (χ1) is 9.74. The molecule has 0 aliphatic carbocycles. The molecule has 1 N–H and O–H groups in total. The summed E-state index contributed by atoms with van der Waals surface area (Å²) in [5, 5.41) is 9.17. The summed E-state index contributed by atoms with van der Waals surface area (Å²) in [6.07, 6.45) is 2.33. The normalized spacial score (nSPS) is 22.0. The van der Waals surface area contributed by atoms with Gasteiger partial charge in [0.1, 0.15) is 0 Å². The van der Waals surface area contributed by atoms with Crippen LogP contribution in [0.25, 0.3) is 0 Å². The Bertz CT molecular complexity index is 423. The van der Waals surface area contributed by atoms with Crippen LogP contribution in [0.15, 0.2) is 28.7 Å². The smallest absolute Gasteiger partial charge is 0.0460 e. The molecule has 3 nitrogen and oxygen atoms in total. The molecule has 0 saturated carbocycles. The summed E-state index contributed by atoms with van der Waals surface area (Å²) < 4.78 is 1.14. The van der Waals surface area contributed by atoms with Crippen molar-refractivity contribution in [1.29, 1.82) is 0 Å². The van der Waals surface area contributed by atoms with E-state index in [-0.39, 0.29) is 0 Å². The molecule has 2 aliphatic rings. The fourth-order valence-corrected chi connectivity index (χ4v) is 3.53. The van der Waals surface area contributed by atoms with Gasteiger partial charge in [0.2, 0.25) is 0 Å². The Balaban J connectivity index is 1.41. The summed E-state index contributed by atoms with van der Waals surface area (Å²) in [6, 6.07) is 8.60. The van der Waals surface area contributed by atoms with E-state index >= 15 is 0 Å². The molecule has 0 amide bonds. The summed E-state index contributed by atoms with van der Waals surface area (Å²) in [6.45, 7) is 6.29. The highest BCUT2D eigenvalue weighted by atomic mass is 79.9. The molecule has 0 unspecified atom stereocenters. The second kappa shape index (κ2) is 6.46. The third-order valence-corrected chi connectivity index (χ3v) is 5.16. The first-order valence-corrected chi connectivity index (χ1v) is 8.37. The van der Waals surface area contributed by atoms with Crippen molar-refractivity contribution in [1.82, 2.24) is 4.90 Å². The van der Waals surface area contributed by atoms with Crippen LogP contribution >= 0.6 is 15.9 Å². The van der Waals surface area contributed by atoms with Gasteiger partial charge in [-0.25, -0.2) is 0 Å². The molecule has 2 heterocycles. The van der Waals surface area contributed by atoms with Crippen LogP contribution in [0, 0.1) is 11.8 Å². The van der Waals surface area contributed by atoms with Crippen LogP contribution in [0.3, 0.4) is 0 Å². The second-order valence-corrected chi connectivity index (χ2v) is 7.09. The minimum atomic E-state index is 0.370. The van der Waals surface area contributed by atoms with Crippen LogP contribution in [0.2, 0.25) is 0 Å². The van der Waals surface area contributed by atoms with Gasteiger partial charge >= 0.3 is 0 Å². The van der Waals surface area contributed by atoms with Gasteiger partial charge < -0.3 is 14.9 Å². The first-order valence-electron chi connectivity index (χ1n) is 7.58. The van der Waals surface area contributed by atoms with Crippen LogP contribution in [0.4, 0.5) is 5.69 Å². The molecule has 0 atom stereocenters. The number of aliphatic hydroxyl groups is 1. The summed E-state index contributed by atoms with van der Waals surface area (Å²) >= 11 is 3.48. The number of hydrogen-bond donors (Lipinski definition) is 1. The van der Waals surface area contributed by atoms with Gasteiger partial charge in [-0.1, -0.05) is 15.9 Å². The van der Waals surface area contributed by atoms with Gasteiger partial charge in [0.05, 0.1) is 0 Å². The topological polar surface area (TPSA) is 26.7 Å². The summed E-state index contributed by atoms with van der Waals surface area (Å²) in [5.41, 5.74) is 1.34. The van der Waals surface area contributed by atoms with Crippen molar-refractivity contribution >= 4 is 21.6 Å². The Hall–Kier alpha value is -0.580. The van der Waals surface area contributed by atoms with Crippen molar-refractivity contribution in [2.45, 2.75) is 12.8 Å². The van der Waals surface area contributed by atoms with Gasteiger partial charge in [0, 0.05) is 42.3 Å². The number of hydrogen-bond acceptors (Lipinski definition) is 3. The highest BCUT2D eigenvalue weighted by Gasteiger charge is 2.29. The maximum absolute atomic E-state index is 9.17.